The minimum absolute atomic E-state index is 0.751. The summed E-state index contributed by atoms with van der Waals surface area (Å²) in [5, 5.41) is 8.46. The molecule has 3 rings (SSSR count). The predicted octanol–water partition coefficient (Wildman–Crippen LogP) is 2.44. The Bertz CT molecular complexity index is 511. The van der Waals surface area contributed by atoms with Gasteiger partial charge in [-0.25, -0.2) is 0 Å². The van der Waals surface area contributed by atoms with E-state index in [4.69, 9.17) is 0 Å². The van der Waals surface area contributed by atoms with Crippen molar-refractivity contribution in [2.24, 2.45) is 0 Å². The molecular weight excluding hydrogens is 234 g/mol. The molecule has 1 saturated heterocycles. The number of fused-ring (bicyclic) bond motifs is 1. The minimum Gasteiger partial charge on any atom is -0.361 e. The zero-order valence-electron chi connectivity index (χ0n) is 11.4. The quantitative estimate of drug-likeness (QED) is 0.696. The number of nitrogens with one attached hydrogen (secondary N) is 3. The van der Waals surface area contributed by atoms with Crippen molar-refractivity contribution in [3.05, 3.63) is 36.0 Å². The van der Waals surface area contributed by atoms with Crippen LogP contribution in [0, 0.1) is 0 Å². The molecule has 0 amide bonds. The third-order valence-electron chi connectivity index (χ3n) is 4.08. The normalized spacial score (nSPS) is 19.3. The molecule has 1 aromatic heterocycles. The van der Waals surface area contributed by atoms with E-state index in [1.54, 1.807) is 0 Å². The Morgan fingerprint density at radius 3 is 3.05 bits per heavy atom. The molecule has 1 unspecified atom stereocenters. The van der Waals surface area contributed by atoms with Crippen molar-refractivity contribution in [1.29, 1.82) is 0 Å². The van der Waals surface area contributed by atoms with Crippen LogP contribution in [0.1, 0.15) is 24.8 Å². The highest BCUT2D eigenvalue weighted by Crippen LogP contribution is 2.17. The molecular formula is C16H23N3. The summed E-state index contributed by atoms with van der Waals surface area (Å²) in [5.74, 6) is 0. The first-order chi connectivity index (χ1) is 9.43. The Kier molecular flexibility index (Phi) is 4.16. The van der Waals surface area contributed by atoms with Crippen LogP contribution in [0.5, 0.6) is 0 Å². The molecule has 1 aromatic carbocycles. The van der Waals surface area contributed by atoms with Crippen molar-refractivity contribution in [3.63, 3.8) is 0 Å². The third kappa shape index (κ3) is 3.17. The van der Waals surface area contributed by atoms with Crippen molar-refractivity contribution in [1.82, 2.24) is 15.6 Å². The molecule has 2 heterocycles. The van der Waals surface area contributed by atoms with Crippen LogP contribution in [0.4, 0.5) is 0 Å². The summed E-state index contributed by atoms with van der Waals surface area (Å²) in [6.45, 7) is 3.40. The number of hydrogen-bond acceptors (Lipinski definition) is 2. The molecule has 3 heteroatoms. The molecule has 3 N–H and O–H groups in total. The molecule has 0 spiro atoms. The molecule has 1 aliphatic rings. The molecule has 0 aliphatic carbocycles. The Morgan fingerprint density at radius 2 is 2.16 bits per heavy atom. The molecule has 1 fully saturated rings. The van der Waals surface area contributed by atoms with Gasteiger partial charge in [0, 0.05) is 23.1 Å². The van der Waals surface area contributed by atoms with Crippen LogP contribution in [0.25, 0.3) is 10.9 Å². The van der Waals surface area contributed by atoms with E-state index in [-0.39, 0.29) is 0 Å². The summed E-state index contributed by atoms with van der Waals surface area (Å²) >= 11 is 0. The second-order valence-electron chi connectivity index (χ2n) is 5.44. The highest BCUT2D eigenvalue weighted by atomic mass is 14.9. The molecule has 1 atom stereocenters. The van der Waals surface area contributed by atoms with Gasteiger partial charge in [-0.2, -0.15) is 0 Å². The number of aromatic nitrogens is 1. The zero-order valence-corrected chi connectivity index (χ0v) is 11.4. The molecule has 0 bridgehead atoms. The first-order valence-electron chi connectivity index (χ1n) is 7.42. The number of aromatic amines is 1. The van der Waals surface area contributed by atoms with Gasteiger partial charge in [0.2, 0.25) is 0 Å². The fraction of sp³-hybridized carbons (Fsp3) is 0.500. The predicted molar refractivity (Wildman–Crippen MR) is 80.5 cm³/mol. The lowest BCUT2D eigenvalue weighted by Crippen LogP contribution is -2.28. The van der Waals surface area contributed by atoms with Crippen LogP contribution in [0.2, 0.25) is 0 Å². The minimum atomic E-state index is 0.751. The van der Waals surface area contributed by atoms with Crippen LogP contribution < -0.4 is 10.6 Å². The number of benzene rings is 1. The average molecular weight is 257 g/mol. The topological polar surface area (TPSA) is 39.8 Å². The van der Waals surface area contributed by atoms with Crippen LogP contribution >= 0.6 is 0 Å². The van der Waals surface area contributed by atoms with E-state index >= 15 is 0 Å². The Balaban J connectivity index is 1.42. The van der Waals surface area contributed by atoms with Crippen molar-refractivity contribution >= 4 is 10.9 Å². The highest BCUT2D eigenvalue weighted by molar-refractivity contribution is 5.83. The van der Waals surface area contributed by atoms with Crippen molar-refractivity contribution in [2.45, 2.75) is 31.7 Å². The van der Waals surface area contributed by atoms with E-state index in [2.05, 4.69) is 46.1 Å². The van der Waals surface area contributed by atoms with E-state index in [0.717, 1.165) is 25.6 Å². The van der Waals surface area contributed by atoms with Gasteiger partial charge in [-0.05, 0) is 56.9 Å². The largest absolute Gasteiger partial charge is 0.361 e. The molecule has 102 valence electrons. The maximum atomic E-state index is 3.56. The molecule has 1 aliphatic heterocycles. The fourth-order valence-corrected chi connectivity index (χ4v) is 2.97. The van der Waals surface area contributed by atoms with Crippen molar-refractivity contribution in [3.8, 4) is 0 Å². The number of rotatable bonds is 6. The Labute approximate surface area is 114 Å². The SMILES string of the molecule is c1ccc2c(CCNCCC3CCCN3)c[nH]c2c1. The van der Waals surface area contributed by atoms with Gasteiger partial charge in [0.05, 0.1) is 0 Å². The van der Waals surface area contributed by atoms with Gasteiger partial charge >= 0.3 is 0 Å². The van der Waals surface area contributed by atoms with E-state index in [0.29, 0.717) is 0 Å². The summed E-state index contributed by atoms with van der Waals surface area (Å²) in [5.41, 5.74) is 2.66. The second kappa shape index (κ2) is 6.22. The Hall–Kier alpha value is -1.32. The van der Waals surface area contributed by atoms with Crippen LogP contribution in [-0.4, -0.2) is 30.7 Å². The van der Waals surface area contributed by atoms with Crippen molar-refractivity contribution in [2.75, 3.05) is 19.6 Å². The van der Waals surface area contributed by atoms with Gasteiger partial charge in [0.1, 0.15) is 0 Å². The van der Waals surface area contributed by atoms with Gasteiger partial charge in [-0.15, -0.1) is 0 Å². The average Bonchev–Trinajstić information content (AvgIpc) is 3.08. The smallest absolute Gasteiger partial charge is 0.0456 e. The van der Waals surface area contributed by atoms with Gasteiger partial charge < -0.3 is 15.6 Å². The first-order valence-corrected chi connectivity index (χ1v) is 7.42. The summed E-state index contributed by atoms with van der Waals surface area (Å²) in [7, 11) is 0. The van der Waals surface area contributed by atoms with E-state index < -0.39 is 0 Å². The molecule has 0 radical (unpaired) electrons. The molecule has 19 heavy (non-hydrogen) atoms. The van der Waals surface area contributed by atoms with Crippen LogP contribution in [0.15, 0.2) is 30.5 Å². The fourth-order valence-electron chi connectivity index (χ4n) is 2.97. The van der Waals surface area contributed by atoms with Crippen LogP contribution in [0.3, 0.4) is 0 Å². The molecule has 0 saturated carbocycles. The Morgan fingerprint density at radius 1 is 1.21 bits per heavy atom. The van der Waals surface area contributed by atoms with E-state index in [1.165, 1.54) is 42.3 Å². The maximum Gasteiger partial charge on any atom is 0.0456 e. The van der Waals surface area contributed by atoms with E-state index in [9.17, 15) is 0 Å². The monoisotopic (exact) mass is 257 g/mol. The molecule has 3 nitrogen and oxygen atoms in total. The number of hydrogen-bond donors (Lipinski definition) is 3. The second-order valence-corrected chi connectivity index (χ2v) is 5.44. The van der Waals surface area contributed by atoms with Crippen molar-refractivity contribution < 1.29 is 0 Å². The van der Waals surface area contributed by atoms with Gasteiger partial charge in [0.25, 0.3) is 0 Å². The lowest BCUT2D eigenvalue weighted by Gasteiger charge is -2.10. The number of H-pyrrole nitrogens is 1. The van der Waals surface area contributed by atoms with Gasteiger partial charge in [0.15, 0.2) is 0 Å². The zero-order chi connectivity index (χ0) is 12.9. The number of para-hydroxylation sites is 1. The van der Waals surface area contributed by atoms with Crippen LogP contribution in [-0.2, 0) is 6.42 Å². The van der Waals surface area contributed by atoms with Gasteiger partial charge in [-0.3, -0.25) is 0 Å². The maximum absolute atomic E-state index is 3.56. The lowest BCUT2D eigenvalue weighted by atomic mass is 10.1. The summed E-state index contributed by atoms with van der Waals surface area (Å²) in [4.78, 5) is 3.34. The first kappa shape index (κ1) is 12.7. The summed E-state index contributed by atoms with van der Waals surface area (Å²) < 4.78 is 0. The lowest BCUT2D eigenvalue weighted by molar-refractivity contribution is 0.525. The summed E-state index contributed by atoms with van der Waals surface area (Å²) in [6, 6.07) is 9.27. The highest BCUT2D eigenvalue weighted by Gasteiger charge is 2.12. The summed E-state index contributed by atoms with van der Waals surface area (Å²) in [6.07, 6.45) is 7.20. The molecule has 2 aromatic rings. The van der Waals surface area contributed by atoms with E-state index in [1.807, 2.05) is 0 Å². The third-order valence-corrected chi connectivity index (χ3v) is 4.08. The van der Waals surface area contributed by atoms with Gasteiger partial charge in [-0.1, -0.05) is 18.2 Å². The standard InChI is InChI=1S/C16H23N3/c1-2-6-16-15(5-1)13(12-19-16)7-10-17-11-8-14-4-3-9-18-14/h1-2,5-6,12,14,17-19H,3-4,7-11H2.